The number of hydrogen-bond acceptors (Lipinski definition) is 5. The van der Waals surface area contributed by atoms with Crippen LogP contribution in [0.2, 0.25) is 10.0 Å². The summed E-state index contributed by atoms with van der Waals surface area (Å²) in [4.78, 5) is 35.7. The van der Waals surface area contributed by atoms with Gasteiger partial charge >= 0.3 is 5.97 Å². The Morgan fingerprint density at radius 2 is 1.91 bits per heavy atom. The quantitative estimate of drug-likeness (QED) is 0.324. The van der Waals surface area contributed by atoms with Crippen LogP contribution in [-0.4, -0.2) is 41.8 Å². The number of benzene rings is 2. The highest BCUT2D eigenvalue weighted by atomic mass is 79.9. The zero-order valence-electron chi connectivity index (χ0n) is 17.1. The molecule has 0 aromatic heterocycles. The van der Waals surface area contributed by atoms with Crippen molar-refractivity contribution in [3.8, 4) is 5.75 Å². The van der Waals surface area contributed by atoms with E-state index in [4.69, 9.17) is 33.0 Å². The second-order valence-corrected chi connectivity index (χ2v) is 8.62. The van der Waals surface area contributed by atoms with Gasteiger partial charge in [-0.3, -0.25) is 9.59 Å². The van der Waals surface area contributed by atoms with Crippen LogP contribution in [0.15, 0.2) is 46.0 Å². The number of carboxylic acids is 1. The Morgan fingerprint density at radius 3 is 2.50 bits per heavy atom. The fourth-order valence-corrected chi connectivity index (χ4v) is 3.53. The van der Waals surface area contributed by atoms with Gasteiger partial charge in [0, 0.05) is 5.02 Å². The van der Waals surface area contributed by atoms with E-state index in [1.807, 2.05) is 0 Å². The van der Waals surface area contributed by atoms with Crippen molar-refractivity contribution in [3.63, 3.8) is 0 Å². The number of aliphatic carboxylic acids is 1. The molecule has 2 amide bonds. The molecule has 0 saturated heterocycles. The normalized spacial score (nSPS) is 11.9. The van der Waals surface area contributed by atoms with Gasteiger partial charge in [-0.15, -0.1) is 0 Å². The number of halogens is 3. The molecule has 1 atom stereocenters. The molecular weight excluding hydrogens is 525 g/mol. The SMILES string of the molecule is CC(C)C(NC(=O)c1ccc(Cl)cc1Cl)C(=O)N/N=C\c1ccc(OCC(=O)O)c(Br)c1. The second kappa shape index (κ2) is 11.8. The average Bonchev–Trinajstić information content (AvgIpc) is 2.70. The van der Waals surface area contributed by atoms with Gasteiger partial charge in [0.2, 0.25) is 0 Å². The van der Waals surface area contributed by atoms with Crippen LogP contribution in [0.1, 0.15) is 29.8 Å². The molecule has 11 heteroatoms. The first-order valence-electron chi connectivity index (χ1n) is 9.31. The summed E-state index contributed by atoms with van der Waals surface area (Å²) in [5.74, 6) is -1.96. The number of carbonyl (C=O) groups excluding carboxylic acids is 2. The van der Waals surface area contributed by atoms with Gasteiger partial charge in [-0.1, -0.05) is 37.0 Å². The number of hydrazone groups is 1. The molecule has 3 N–H and O–H groups in total. The highest BCUT2D eigenvalue weighted by Gasteiger charge is 2.25. The van der Waals surface area contributed by atoms with Crippen molar-refractivity contribution in [1.29, 1.82) is 0 Å². The topological polar surface area (TPSA) is 117 Å². The molecule has 0 spiro atoms. The zero-order valence-corrected chi connectivity index (χ0v) is 20.2. The molecule has 0 fully saturated rings. The predicted octanol–water partition coefficient (Wildman–Crippen LogP) is 4.12. The van der Waals surface area contributed by atoms with Crippen molar-refractivity contribution < 1.29 is 24.2 Å². The standard InChI is InChI=1S/C21H20BrCl2N3O5/c1-11(2)19(26-20(30)14-5-4-13(23)8-16(14)24)21(31)27-25-9-12-3-6-17(15(22)7-12)32-10-18(28)29/h3-9,11,19H,10H2,1-2H3,(H,26,30)(H,27,31)(H,28,29)/b25-9-. The molecule has 2 rings (SSSR count). The molecule has 170 valence electrons. The lowest BCUT2D eigenvalue weighted by Gasteiger charge is -2.20. The van der Waals surface area contributed by atoms with E-state index in [0.29, 0.717) is 20.8 Å². The monoisotopic (exact) mass is 543 g/mol. The van der Waals surface area contributed by atoms with Crippen LogP contribution in [0.5, 0.6) is 5.75 Å². The van der Waals surface area contributed by atoms with Gasteiger partial charge in [-0.05, 0) is 63.8 Å². The first kappa shape index (κ1) is 25.6. The van der Waals surface area contributed by atoms with Crippen molar-refractivity contribution in [1.82, 2.24) is 10.7 Å². The van der Waals surface area contributed by atoms with E-state index in [2.05, 4.69) is 31.8 Å². The lowest BCUT2D eigenvalue weighted by atomic mass is 10.0. The molecule has 8 nitrogen and oxygen atoms in total. The van der Waals surface area contributed by atoms with Crippen molar-refractivity contribution in [2.45, 2.75) is 19.9 Å². The number of rotatable bonds is 9. The molecule has 0 aliphatic heterocycles. The van der Waals surface area contributed by atoms with Crippen LogP contribution >= 0.6 is 39.1 Å². The Kier molecular flexibility index (Phi) is 9.49. The summed E-state index contributed by atoms with van der Waals surface area (Å²) >= 11 is 15.2. The molecule has 0 saturated carbocycles. The Labute approximate surface area is 203 Å². The van der Waals surface area contributed by atoms with Crippen molar-refractivity contribution >= 4 is 63.1 Å². The van der Waals surface area contributed by atoms with E-state index in [-0.39, 0.29) is 16.5 Å². The van der Waals surface area contributed by atoms with E-state index in [1.54, 1.807) is 32.0 Å². The Balaban J connectivity index is 2.02. The third kappa shape index (κ3) is 7.51. The van der Waals surface area contributed by atoms with Crippen molar-refractivity contribution in [2.24, 2.45) is 11.0 Å². The molecule has 0 radical (unpaired) electrons. The summed E-state index contributed by atoms with van der Waals surface area (Å²) in [6.07, 6.45) is 1.40. The molecule has 0 aliphatic rings. The van der Waals surface area contributed by atoms with Crippen LogP contribution in [0, 0.1) is 5.92 Å². The first-order chi connectivity index (χ1) is 15.1. The van der Waals surface area contributed by atoms with E-state index in [1.165, 1.54) is 24.4 Å². The Hall–Kier alpha value is -2.62. The maximum atomic E-state index is 12.6. The van der Waals surface area contributed by atoms with Crippen LogP contribution in [0.4, 0.5) is 0 Å². The summed E-state index contributed by atoms with van der Waals surface area (Å²) in [5.41, 5.74) is 3.23. The van der Waals surface area contributed by atoms with Crippen LogP contribution in [0.25, 0.3) is 0 Å². The highest BCUT2D eigenvalue weighted by molar-refractivity contribution is 9.10. The molecule has 0 heterocycles. The number of ether oxygens (including phenoxy) is 1. The Morgan fingerprint density at radius 1 is 1.19 bits per heavy atom. The molecule has 2 aromatic carbocycles. The molecular formula is C21H20BrCl2N3O5. The highest BCUT2D eigenvalue weighted by Crippen LogP contribution is 2.25. The lowest BCUT2D eigenvalue weighted by Crippen LogP contribution is -2.48. The van der Waals surface area contributed by atoms with Crippen LogP contribution in [0.3, 0.4) is 0 Å². The van der Waals surface area contributed by atoms with E-state index < -0.39 is 30.4 Å². The van der Waals surface area contributed by atoms with Crippen molar-refractivity contribution in [2.75, 3.05) is 6.61 Å². The minimum atomic E-state index is -1.09. The van der Waals surface area contributed by atoms with Gasteiger partial charge < -0.3 is 15.2 Å². The summed E-state index contributed by atoms with van der Waals surface area (Å²) in [7, 11) is 0. The number of carbonyl (C=O) groups is 3. The molecule has 2 aromatic rings. The summed E-state index contributed by atoms with van der Waals surface area (Å²) in [6, 6.07) is 8.47. The maximum absolute atomic E-state index is 12.6. The fourth-order valence-electron chi connectivity index (χ4n) is 2.52. The smallest absolute Gasteiger partial charge is 0.341 e. The maximum Gasteiger partial charge on any atom is 0.341 e. The van der Waals surface area contributed by atoms with E-state index >= 15 is 0 Å². The third-order valence-corrected chi connectivity index (χ3v) is 5.27. The summed E-state index contributed by atoms with van der Waals surface area (Å²) in [5, 5.41) is 15.8. The number of nitrogens with one attached hydrogen (secondary N) is 2. The molecule has 0 bridgehead atoms. The molecule has 32 heavy (non-hydrogen) atoms. The van der Waals surface area contributed by atoms with Gasteiger partial charge in [0.15, 0.2) is 6.61 Å². The van der Waals surface area contributed by atoms with E-state index in [9.17, 15) is 14.4 Å². The van der Waals surface area contributed by atoms with Gasteiger partial charge in [0.25, 0.3) is 11.8 Å². The lowest BCUT2D eigenvalue weighted by molar-refractivity contribution is -0.139. The van der Waals surface area contributed by atoms with Gasteiger partial charge in [0.1, 0.15) is 11.8 Å². The van der Waals surface area contributed by atoms with Crippen molar-refractivity contribution in [3.05, 3.63) is 62.0 Å². The minimum Gasteiger partial charge on any atom is -0.481 e. The largest absolute Gasteiger partial charge is 0.481 e. The third-order valence-electron chi connectivity index (χ3n) is 4.11. The summed E-state index contributed by atoms with van der Waals surface area (Å²) < 4.78 is 5.65. The van der Waals surface area contributed by atoms with Gasteiger partial charge in [-0.25, -0.2) is 10.2 Å². The fraction of sp³-hybridized carbons (Fsp3) is 0.238. The van der Waals surface area contributed by atoms with Gasteiger partial charge in [-0.2, -0.15) is 5.10 Å². The number of carboxylic acid groups (broad SMARTS) is 1. The molecule has 1 unspecified atom stereocenters. The number of amides is 2. The summed E-state index contributed by atoms with van der Waals surface area (Å²) in [6.45, 7) is 3.10. The van der Waals surface area contributed by atoms with Crippen LogP contribution < -0.4 is 15.5 Å². The first-order valence-corrected chi connectivity index (χ1v) is 10.9. The average molecular weight is 545 g/mol. The zero-order chi connectivity index (χ0) is 23.8. The number of nitrogens with zero attached hydrogens (tertiary/aromatic N) is 1. The van der Waals surface area contributed by atoms with Gasteiger partial charge in [0.05, 0.1) is 21.3 Å². The van der Waals surface area contributed by atoms with E-state index in [0.717, 1.165) is 0 Å². The number of hydrogen-bond donors (Lipinski definition) is 3. The Bertz CT molecular complexity index is 1050. The second-order valence-electron chi connectivity index (χ2n) is 6.93. The predicted molar refractivity (Wildman–Crippen MR) is 126 cm³/mol. The minimum absolute atomic E-state index is 0.178. The molecule has 0 aliphatic carbocycles. The van der Waals surface area contributed by atoms with Crippen LogP contribution in [-0.2, 0) is 9.59 Å².